The lowest BCUT2D eigenvalue weighted by molar-refractivity contribution is -0.0730. The van der Waals surface area contributed by atoms with Crippen molar-refractivity contribution >= 4 is 0 Å². The standard InChI is InChI=1S/C8H16F2.C8H14F2.C7H16.C7H14.CH4/c2*1-6(7(2,3)4)8(5,9)10;2*1-6(2)7(3,4)5;/h6H,1-5H3;1H2,2-5H3;6H,1-5H3;1H2,2-5H3;1H4. The van der Waals surface area contributed by atoms with E-state index in [1.807, 2.05) is 20.8 Å². The van der Waals surface area contributed by atoms with Crippen molar-refractivity contribution in [3.05, 3.63) is 24.3 Å². The Morgan fingerprint density at radius 3 is 0.800 bits per heavy atom. The number of hydrogen-bond donors (Lipinski definition) is 0. The molecule has 35 heavy (non-hydrogen) atoms. The van der Waals surface area contributed by atoms with Gasteiger partial charge in [0.1, 0.15) is 0 Å². The molecule has 0 aromatic rings. The first-order valence-corrected chi connectivity index (χ1v) is 12.3. The van der Waals surface area contributed by atoms with Crippen LogP contribution in [-0.2, 0) is 0 Å². The van der Waals surface area contributed by atoms with Crippen molar-refractivity contribution in [1.29, 1.82) is 0 Å². The molecular formula is C31H64F4. The number of rotatable bonds is 2. The molecule has 0 aromatic heterocycles. The van der Waals surface area contributed by atoms with Crippen LogP contribution in [0.15, 0.2) is 24.3 Å². The second-order valence-corrected chi connectivity index (χ2v) is 14.2. The normalized spacial score (nSPS) is 13.6. The summed E-state index contributed by atoms with van der Waals surface area (Å²) in [6, 6.07) is 0. The molecule has 1 atom stereocenters. The third-order valence-electron chi connectivity index (χ3n) is 6.51. The van der Waals surface area contributed by atoms with E-state index in [0.29, 0.717) is 10.8 Å². The molecule has 0 nitrogen and oxygen atoms in total. The highest BCUT2D eigenvalue weighted by molar-refractivity contribution is 5.13. The molecule has 0 N–H and O–H groups in total. The average Bonchev–Trinajstić information content (AvgIpc) is 2.49. The van der Waals surface area contributed by atoms with Gasteiger partial charge >= 0.3 is 0 Å². The van der Waals surface area contributed by atoms with E-state index in [4.69, 9.17) is 0 Å². The summed E-state index contributed by atoms with van der Waals surface area (Å²) < 4.78 is 50.2. The molecule has 216 valence electrons. The van der Waals surface area contributed by atoms with Crippen molar-refractivity contribution < 1.29 is 17.6 Å². The third-order valence-corrected chi connectivity index (χ3v) is 6.51. The average molecular weight is 513 g/mol. The minimum absolute atomic E-state index is 0. The highest BCUT2D eigenvalue weighted by Gasteiger charge is 2.38. The maximum atomic E-state index is 12.6. The van der Waals surface area contributed by atoms with Gasteiger partial charge in [-0.25, -0.2) is 17.6 Å². The van der Waals surface area contributed by atoms with Crippen LogP contribution in [0, 0.1) is 33.5 Å². The van der Waals surface area contributed by atoms with Crippen molar-refractivity contribution in [2.75, 3.05) is 0 Å². The van der Waals surface area contributed by atoms with E-state index in [-0.39, 0.29) is 18.4 Å². The van der Waals surface area contributed by atoms with Gasteiger partial charge < -0.3 is 0 Å². The fourth-order valence-corrected chi connectivity index (χ4v) is 1.42. The third kappa shape index (κ3) is 26.1. The van der Waals surface area contributed by atoms with Gasteiger partial charge in [0, 0.05) is 12.8 Å². The minimum Gasteiger partial charge on any atom is -0.207 e. The summed E-state index contributed by atoms with van der Waals surface area (Å²) in [6.45, 7) is 41.1. The van der Waals surface area contributed by atoms with Crippen LogP contribution in [0.2, 0.25) is 0 Å². The van der Waals surface area contributed by atoms with Gasteiger partial charge in [-0.2, -0.15) is 0 Å². The Labute approximate surface area is 219 Å². The second-order valence-electron chi connectivity index (χ2n) is 14.2. The molecule has 4 heteroatoms. The van der Waals surface area contributed by atoms with Crippen LogP contribution in [0.3, 0.4) is 0 Å². The van der Waals surface area contributed by atoms with Gasteiger partial charge in [-0.15, -0.1) is 0 Å². The first-order chi connectivity index (χ1) is 14.2. The van der Waals surface area contributed by atoms with Crippen molar-refractivity contribution in [2.24, 2.45) is 33.5 Å². The van der Waals surface area contributed by atoms with Crippen molar-refractivity contribution in [3.8, 4) is 0 Å². The molecule has 0 fully saturated rings. The van der Waals surface area contributed by atoms with Crippen molar-refractivity contribution in [2.45, 2.75) is 144 Å². The first-order valence-electron chi connectivity index (χ1n) is 12.3. The van der Waals surface area contributed by atoms with Crippen LogP contribution < -0.4 is 0 Å². The SMILES string of the molecule is C.C=C(C(C)(C)C)C(C)(F)F.C=C(C)C(C)(C)C.CC(C(C)(C)C)C(C)(F)F.CC(C)C(C)(C)C. The summed E-state index contributed by atoms with van der Waals surface area (Å²) in [5.74, 6) is -5.08. The van der Waals surface area contributed by atoms with Gasteiger partial charge in [-0.1, -0.05) is 130 Å². The summed E-state index contributed by atoms with van der Waals surface area (Å²) in [5, 5.41) is 0. The second kappa shape index (κ2) is 15.5. The lowest BCUT2D eigenvalue weighted by Crippen LogP contribution is -2.32. The maximum absolute atomic E-state index is 12.6. The molecular weight excluding hydrogens is 448 g/mol. The molecule has 0 heterocycles. The van der Waals surface area contributed by atoms with Gasteiger partial charge in [-0.05, 0) is 47.0 Å². The fraction of sp³-hybridized carbons (Fsp3) is 0.871. The zero-order valence-electron chi connectivity index (χ0n) is 26.1. The van der Waals surface area contributed by atoms with E-state index in [1.54, 1.807) is 27.7 Å². The maximum Gasteiger partial charge on any atom is 0.266 e. The van der Waals surface area contributed by atoms with Crippen LogP contribution in [-0.4, -0.2) is 11.8 Å². The number of halogens is 4. The molecule has 0 radical (unpaired) electrons. The van der Waals surface area contributed by atoms with Gasteiger partial charge in [-0.3, -0.25) is 0 Å². The Morgan fingerprint density at radius 2 is 0.800 bits per heavy atom. The first kappa shape index (κ1) is 44.2. The van der Waals surface area contributed by atoms with Crippen LogP contribution in [0.4, 0.5) is 17.6 Å². The summed E-state index contributed by atoms with van der Waals surface area (Å²) in [4.78, 5) is 0. The largest absolute Gasteiger partial charge is 0.266 e. The highest BCUT2D eigenvalue weighted by atomic mass is 19.3. The summed E-state index contributed by atoms with van der Waals surface area (Å²) in [5.41, 5.74) is 1.23. The Morgan fingerprint density at radius 1 is 0.571 bits per heavy atom. The lowest BCUT2D eigenvalue weighted by atomic mass is 9.79. The van der Waals surface area contributed by atoms with Gasteiger partial charge in [0.15, 0.2) is 0 Å². The fourth-order valence-electron chi connectivity index (χ4n) is 1.42. The quantitative estimate of drug-likeness (QED) is 0.255. The van der Waals surface area contributed by atoms with Crippen molar-refractivity contribution in [3.63, 3.8) is 0 Å². The topological polar surface area (TPSA) is 0 Å². The van der Waals surface area contributed by atoms with Crippen LogP contribution in [0.1, 0.15) is 132 Å². The number of allylic oxidation sites excluding steroid dienone is 2. The van der Waals surface area contributed by atoms with E-state index >= 15 is 0 Å². The predicted octanol–water partition coefficient (Wildman–Crippen LogP) is 12.5. The summed E-state index contributed by atoms with van der Waals surface area (Å²) in [7, 11) is 0. The van der Waals surface area contributed by atoms with E-state index in [1.165, 1.54) is 5.57 Å². The molecule has 0 bridgehead atoms. The number of hydrogen-bond acceptors (Lipinski definition) is 0. The Bertz CT molecular complexity index is 542. The molecule has 0 aliphatic heterocycles. The van der Waals surface area contributed by atoms with Gasteiger partial charge in [0.2, 0.25) is 5.92 Å². The molecule has 0 saturated carbocycles. The van der Waals surface area contributed by atoms with E-state index < -0.39 is 23.2 Å². The highest BCUT2D eigenvalue weighted by Crippen LogP contribution is 2.37. The zero-order chi connectivity index (χ0) is 29.3. The monoisotopic (exact) mass is 512 g/mol. The van der Waals surface area contributed by atoms with Gasteiger partial charge in [0.25, 0.3) is 5.92 Å². The molecule has 0 aromatic carbocycles. The molecule has 0 aliphatic carbocycles. The summed E-state index contributed by atoms with van der Waals surface area (Å²) in [6.07, 6.45) is 0. The Balaban J connectivity index is -0.000000115. The van der Waals surface area contributed by atoms with E-state index in [2.05, 4.69) is 75.5 Å². The molecule has 0 aliphatic rings. The smallest absolute Gasteiger partial charge is 0.207 e. The zero-order valence-corrected chi connectivity index (χ0v) is 26.1. The van der Waals surface area contributed by atoms with Crippen LogP contribution in [0.5, 0.6) is 0 Å². The Hall–Kier alpha value is -0.800. The van der Waals surface area contributed by atoms with Crippen LogP contribution >= 0.6 is 0 Å². The van der Waals surface area contributed by atoms with Crippen LogP contribution in [0.25, 0.3) is 0 Å². The minimum atomic E-state index is -2.75. The molecule has 1 unspecified atom stereocenters. The van der Waals surface area contributed by atoms with Gasteiger partial charge in [0.05, 0.1) is 0 Å². The molecule has 0 rings (SSSR count). The molecule has 0 spiro atoms. The Kier molecular flexibility index (Phi) is 19.5. The molecule has 0 saturated heterocycles. The summed E-state index contributed by atoms with van der Waals surface area (Å²) >= 11 is 0. The van der Waals surface area contributed by atoms with E-state index in [0.717, 1.165) is 19.8 Å². The van der Waals surface area contributed by atoms with E-state index in [9.17, 15) is 17.6 Å². The number of alkyl halides is 4. The lowest BCUT2D eigenvalue weighted by Gasteiger charge is -2.31. The predicted molar refractivity (Wildman–Crippen MR) is 154 cm³/mol. The van der Waals surface area contributed by atoms with Crippen molar-refractivity contribution in [1.82, 2.24) is 0 Å². The molecule has 0 amide bonds.